The lowest BCUT2D eigenvalue weighted by Crippen LogP contribution is -2.35. The Morgan fingerprint density at radius 2 is 1.73 bits per heavy atom. The van der Waals surface area contributed by atoms with Crippen LogP contribution in [-0.4, -0.2) is 21.7 Å². The van der Waals surface area contributed by atoms with Gasteiger partial charge in [0.25, 0.3) is 5.91 Å². The Morgan fingerprint density at radius 3 is 2.43 bits per heavy atom. The van der Waals surface area contributed by atoms with E-state index in [2.05, 4.69) is 10.4 Å². The van der Waals surface area contributed by atoms with Crippen LogP contribution in [0.5, 0.6) is 5.75 Å². The maximum atomic E-state index is 13.3. The third-order valence-corrected chi connectivity index (χ3v) is 5.41. The van der Waals surface area contributed by atoms with Gasteiger partial charge in [-0.15, -0.1) is 0 Å². The number of nitrogens with zero attached hydrogens (tertiary/aromatic N) is 2. The number of rotatable bonds is 6. The molecule has 1 fully saturated rings. The Morgan fingerprint density at radius 1 is 1.03 bits per heavy atom. The van der Waals surface area contributed by atoms with Crippen molar-refractivity contribution in [3.05, 3.63) is 77.9 Å². The van der Waals surface area contributed by atoms with Gasteiger partial charge in [0.1, 0.15) is 12.4 Å². The molecule has 0 atom stereocenters. The Balaban J connectivity index is 1.57. The summed E-state index contributed by atoms with van der Waals surface area (Å²) in [6.07, 6.45) is 8.36. The fourth-order valence-corrected chi connectivity index (χ4v) is 3.76. The molecule has 0 saturated heterocycles. The third-order valence-electron chi connectivity index (χ3n) is 5.41. The predicted molar refractivity (Wildman–Crippen MR) is 113 cm³/mol. The highest BCUT2D eigenvalue weighted by Crippen LogP contribution is 2.23. The van der Waals surface area contributed by atoms with Crippen molar-refractivity contribution in [2.45, 2.75) is 51.2 Å². The first kappa shape index (κ1) is 20.1. The van der Waals surface area contributed by atoms with Crippen molar-refractivity contribution in [2.24, 2.45) is 0 Å². The van der Waals surface area contributed by atoms with Crippen LogP contribution in [0.15, 0.2) is 60.8 Å². The summed E-state index contributed by atoms with van der Waals surface area (Å²) in [5.74, 6) is -0.141. The van der Waals surface area contributed by atoms with Gasteiger partial charge in [0.05, 0.1) is 11.9 Å². The highest BCUT2D eigenvalue weighted by Gasteiger charge is 2.22. The van der Waals surface area contributed by atoms with Gasteiger partial charge in [0, 0.05) is 6.04 Å². The molecule has 0 radical (unpaired) electrons. The zero-order chi connectivity index (χ0) is 20.8. The van der Waals surface area contributed by atoms with Crippen LogP contribution in [0.25, 0.3) is 5.69 Å². The average molecular weight is 407 g/mol. The minimum atomic E-state index is -0.321. The van der Waals surface area contributed by atoms with E-state index in [4.69, 9.17) is 4.74 Å². The number of hydrogen-bond donors (Lipinski definition) is 1. The number of benzene rings is 2. The molecule has 156 valence electrons. The summed E-state index contributed by atoms with van der Waals surface area (Å²) in [5.41, 5.74) is 1.91. The number of carbonyl (C=O) groups is 1. The molecule has 6 heteroatoms. The van der Waals surface area contributed by atoms with E-state index in [1.165, 1.54) is 25.0 Å². The summed E-state index contributed by atoms with van der Waals surface area (Å²) in [6.45, 7) is 0.333. The first-order valence-electron chi connectivity index (χ1n) is 10.5. The minimum absolute atomic E-state index is 0.165. The number of hydrogen-bond acceptors (Lipinski definition) is 3. The number of amides is 1. The first-order chi connectivity index (χ1) is 14.7. The number of ether oxygens (including phenoxy) is 1. The summed E-state index contributed by atoms with van der Waals surface area (Å²) in [5, 5.41) is 7.60. The minimum Gasteiger partial charge on any atom is -0.485 e. The van der Waals surface area contributed by atoms with E-state index in [-0.39, 0.29) is 23.5 Å². The largest absolute Gasteiger partial charge is 0.485 e. The van der Waals surface area contributed by atoms with Crippen molar-refractivity contribution >= 4 is 5.91 Å². The highest BCUT2D eigenvalue weighted by molar-refractivity contribution is 5.95. The van der Waals surface area contributed by atoms with Crippen molar-refractivity contribution in [2.75, 3.05) is 0 Å². The van der Waals surface area contributed by atoms with Gasteiger partial charge in [-0.2, -0.15) is 5.10 Å². The molecule has 0 spiro atoms. The molecule has 0 unspecified atom stereocenters. The number of aromatic nitrogens is 2. The fourth-order valence-electron chi connectivity index (χ4n) is 3.76. The second-order valence-corrected chi connectivity index (χ2v) is 7.70. The number of nitrogens with one attached hydrogen (secondary N) is 1. The molecule has 1 aromatic heterocycles. The fraction of sp³-hybridized carbons (Fsp3) is 0.333. The lowest BCUT2D eigenvalue weighted by atomic mass is 10.1. The molecule has 0 aliphatic heterocycles. The summed E-state index contributed by atoms with van der Waals surface area (Å²) in [4.78, 5) is 13.0. The molecular formula is C24H26FN3O2. The molecule has 1 N–H and O–H groups in total. The molecule has 3 aromatic rings. The summed E-state index contributed by atoms with van der Waals surface area (Å²) < 4.78 is 20.8. The Kier molecular flexibility index (Phi) is 6.42. The topological polar surface area (TPSA) is 56.2 Å². The van der Waals surface area contributed by atoms with Gasteiger partial charge in [-0.25, -0.2) is 9.07 Å². The van der Waals surface area contributed by atoms with E-state index in [1.54, 1.807) is 23.0 Å². The molecule has 2 aromatic carbocycles. The number of halogens is 1. The molecule has 0 bridgehead atoms. The van der Waals surface area contributed by atoms with Gasteiger partial charge < -0.3 is 10.1 Å². The Labute approximate surface area is 175 Å². The van der Waals surface area contributed by atoms with E-state index in [0.29, 0.717) is 18.0 Å². The van der Waals surface area contributed by atoms with Gasteiger partial charge >= 0.3 is 0 Å². The van der Waals surface area contributed by atoms with Crippen LogP contribution < -0.4 is 10.1 Å². The van der Waals surface area contributed by atoms with Crippen LogP contribution in [0, 0.1) is 5.82 Å². The molecular weight excluding hydrogens is 381 g/mol. The zero-order valence-electron chi connectivity index (χ0n) is 16.9. The zero-order valence-corrected chi connectivity index (χ0v) is 16.9. The lowest BCUT2D eigenvalue weighted by Gasteiger charge is -2.15. The number of carbonyl (C=O) groups excluding carboxylic acids is 1. The third kappa shape index (κ3) is 5.06. The predicted octanol–water partition coefficient (Wildman–Crippen LogP) is 5.04. The molecule has 1 aliphatic rings. The Hall–Kier alpha value is -3.15. The second kappa shape index (κ2) is 9.57. The molecule has 1 aliphatic carbocycles. The van der Waals surface area contributed by atoms with E-state index in [0.717, 1.165) is 31.2 Å². The van der Waals surface area contributed by atoms with Crippen LogP contribution >= 0.6 is 0 Å². The standard InChI is InChI=1S/C24H26FN3O2/c25-19-12-14-21(15-13-19)28-16-22(30-17-18-8-4-3-5-9-18)23(27-28)24(29)26-20-10-6-1-2-7-11-20/h3-5,8-9,12-16,20H,1-2,6-7,10-11,17H2,(H,26,29). The molecule has 1 heterocycles. The van der Waals surface area contributed by atoms with Gasteiger partial charge in [0.15, 0.2) is 11.4 Å². The summed E-state index contributed by atoms with van der Waals surface area (Å²) in [7, 11) is 0. The molecule has 4 rings (SSSR count). The van der Waals surface area contributed by atoms with Gasteiger partial charge in [-0.1, -0.05) is 56.0 Å². The highest BCUT2D eigenvalue weighted by atomic mass is 19.1. The molecule has 1 amide bonds. The van der Waals surface area contributed by atoms with Crippen molar-refractivity contribution in [3.63, 3.8) is 0 Å². The van der Waals surface area contributed by atoms with Crippen molar-refractivity contribution in [3.8, 4) is 11.4 Å². The normalized spacial score (nSPS) is 14.8. The smallest absolute Gasteiger partial charge is 0.275 e. The van der Waals surface area contributed by atoms with Crippen LogP contribution in [0.1, 0.15) is 54.6 Å². The van der Waals surface area contributed by atoms with Crippen LogP contribution in [-0.2, 0) is 6.61 Å². The van der Waals surface area contributed by atoms with Crippen LogP contribution in [0.2, 0.25) is 0 Å². The maximum Gasteiger partial charge on any atom is 0.275 e. The SMILES string of the molecule is O=C(NC1CCCCCC1)c1nn(-c2ccc(F)cc2)cc1OCc1ccccc1. The quantitative estimate of drug-likeness (QED) is 0.582. The molecule has 1 saturated carbocycles. The second-order valence-electron chi connectivity index (χ2n) is 7.70. The van der Waals surface area contributed by atoms with E-state index in [9.17, 15) is 9.18 Å². The van der Waals surface area contributed by atoms with E-state index in [1.807, 2.05) is 30.3 Å². The van der Waals surface area contributed by atoms with Crippen LogP contribution in [0.4, 0.5) is 4.39 Å². The Bertz CT molecular complexity index is 962. The van der Waals surface area contributed by atoms with E-state index < -0.39 is 0 Å². The first-order valence-corrected chi connectivity index (χ1v) is 10.5. The van der Waals surface area contributed by atoms with Crippen molar-refractivity contribution in [1.29, 1.82) is 0 Å². The van der Waals surface area contributed by atoms with Crippen LogP contribution in [0.3, 0.4) is 0 Å². The molecule has 30 heavy (non-hydrogen) atoms. The molecule has 5 nitrogen and oxygen atoms in total. The van der Waals surface area contributed by atoms with Gasteiger partial charge in [0.2, 0.25) is 0 Å². The monoisotopic (exact) mass is 407 g/mol. The lowest BCUT2D eigenvalue weighted by molar-refractivity contribution is 0.0923. The van der Waals surface area contributed by atoms with Crippen molar-refractivity contribution in [1.82, 2.24) is 15.1 Å². The average Bonchev–Trinajstić information content (AvgIpc) is 3.03. The summed E-state index contributed by atoms with van der Waals surface area (Å²) >= 11 is 0. The van der Waals surface area contributed by atoms with Crippen molar-refractivity contribution < 1.29 is 13.9 Å². The van der Waals surface area contributed by atoms with Gasteiger partial charge in [-0.05, 0) is 42.7 Å². The van der Waals surface area contributed by atoms with E-state index >= 15 is 0 Å². The van der Waals surface area contributed by atoms with Gasteiger partial charge in [-0.3, -0.25) is 4.79 Å². The summed E-state index contributed by atoms with van der Waals surface area (Å²) in [6, 6.07) is 15.9. The maximum absolute atomic E-state index is 13.3.